The minimum atomic E-state index is -1.02. The van der Waals surface area contributed by atoms with E-state index in [1.165, 1.54) is 12.3 Å². The third kappa shape index (κ3) is 5.07. The third-order valence-electron chi connectivity index (χ3n) is 4.46. The summed E-state index contributed by atoms with van der Waals surface area (Å²) in [5, 5.41) is 5.74. The van der Waals surface area contributed by atoms with Crippen LogP contribution in [0.5, 0.6) is 0 Å². The Morgan fingerprint density at radius 1 is 0.897 bits per heavy atom. The lowest BCUT2D eigenvalue weighted by Crippen LogP contribution is -2.21. The van der Waals surface area contributed by atoms with Crippen molar-refractivity contribution < 1.29 is 13.6 Å². The lowest BCUT2D eigenvalue weighted by Gasteiger charge is -2.21. The van der Waals surface area contributed by atoms with Gasteiger partial charge in [0.05, 0.1) is 17.4 Å². The minimum Gasteiger partial charge on any atom is -0.372 e. The van der Waals surface area contributed by atoms with Crippen molar-refractivity contribution in [3.8, 4) is 0 Å². The highest BCUT2D eigenvalue weighted by atomic mass is 19.2. The average molecular weight is 396 g/mol. The second kappa shape index (κ2) is 9.14. The van der Waals surface area contributed by atoms with Crippen LogP contribution < -0.4 is 15.5 Å². The van der Waals surface area contributed by atoms with Gasteiger partial charge in [-0.25, -0.2) is 8.78 Å². The highest BCUT2D eigenvalue weighted by Gasteiger charge is 2.10. The van der Waals surface area contributed by atoms with Crippen LogP contribution in [0.4, 0.5) is 31.5 Å². The van der Waals surface area contributed by atoms with E-state index < -0.39 is 17.5 Å². The molecular formula is C22H22F2N4O. The van der Waals surface area contributed by atoms with Gasteiger partial charge in [-0.05, 0) is 56.3 Å². The van der Waals surface area contributed by atoms with Crippen LogP contribution >= 0.6 is 0 Å². The number of hydrogen-bond acceptors (Lipinski definition) is 4. The van der Waals surface area contributed by atoms with Crippen LogP contribution in [-0.4, -0.2) is 24.0 Å². The zero-order chi connectivity index (χ0) is 20.8. The molecule has 1 amide bonds. The summed E-state index contributed by atoms with van der Waals surface area (Å²) in [7, 11) is 0. The molecule has 0 aliphatic carbocycles. The Morgan fingerprint density at radius 2 is 1.59 bits per heavy atom. The highest BCUT2D eigenvalue weighted by molar-refractivity contribution is 6.04. The zero-order valence-electron chi connectivity index (χ0n) is 16.2. The van der Waals surface area contributed by atoms with Crippen molar-refractivity contribution >= 4 is 28.7 Å². The van der Waals surface area contributed by atoms with Crippen LogP contribution in [0.1, 0.15) is 24.2 Å². The number of carbonyl (C=O) groups excluding carboxylic acids is 1. The van der Waals surface area contributed by atoms with E-state index in [9.17, 15) is 13.6 Å². The zero-order valence-corrected chi connectivity index (χ0v) is 16.2. The minimum absolute atomic E-state index is 0.166. The van der Waals surface area contributed by atoms with Gasteiger partial charge >= 0.3 is 0 Å². The van der Waals surface area contributed by atoms with Gasteiger partial charge in [-0.1, -0.05) is 0 Å². The van der Waals surface area contributed by atoms with E-state index in [4.69, 9.17) is 0 Å². The third-order valence-corrected chi connectivity index (χ3v) is 4.46. The number of nitrogens with one attached hydrogen (secondary N) is 2. The van der Waals surface area contributed by atoms with Gasteiger partial charge in [0.1, 0.15) is 0 Å². The summed E-state index contributed by atoms with van der Waals surface area (Å²) in [5.41, 5.74) is 3.09. The number of hydrogen-bond donors (Lipinski definition) is 2. The van der Waals surface area contributed by atoms with Gasteiger partial charge < -0.3 is 15.5 Å². The predicted molar refractivity (Wildman–Crippen MR) is 112 cm³/mol. The number of halogens is 2. The molecule has 7 heteroatoms. The number of amides is 1. The van der Waals surface area contributed by atoms with Crippen LogP contribution in [0, 0.1) is 11.6 Å². The Balaban J connectivity index is 1.70. The normalized spacial score (nSPS) is 10.5. The first kappa shape index (κ1) is 20.3. The largest absolute Gasteiger partial charge is 0.372 e. The van der Waals surface area contributed by atoms with E-state index >= 15 is 0 Å². The first-order valence-corrected chi connectivity index (χ1v) is 9.33. The van der Waals surface area contributed by atoms with Gasteiger partial charge in [-0.15, -0.1) is 0 Å². The summed E-state index contributed by atoms with van der Waals surface area (Å²) in [6, 6.07) is 12.8. The molecule has 0 saturated heterocycles. The Labute approximate surface area is 168 Å². The number of aromatic nitrogens is 1. The molecule has 2 aromatic carbocycles. The second-order valence-electron chi connectivity index (χ2n) is 6.39. The van der Waals surface area contributed by atoms with Crippen LogP contribution in [0.2, 0.25) is 0 Å². The van der Waals surface area contributed by atoms with Gasteiger partial charge in [0.25, 0.3) is 5.91 Å². The molecule has 0 fully saturated rings. The predicted octanol–water partition coefficient (Wildman–Crippen LogP) is 5.20. The molecule has 150 valence electrons. The van der Waals surface area contributed by atoms with E-state index in [0.29, 0.717) is 11.3 Å². The fourth-order valence-corrected chi connectivity index (χ4v) is 2.92. The van der Waals surface area contributed by atoms with E-state index in [0.717, 1.165) is 36.6 Å². The lowest BCUT2D eigenvalue weighted by atomic mass is 10.2. The van der Waals surface area contributed by atoms with Crippen LogP contribution in [0.15, 0.2) is 60.9 Å². The quantitative estimate of drug-likeness (QED) is 0.576. The molecule has 0 saturated carbocycles. The second-order valence-corrected chi connectivity index (χ2v) is 6.39. The molecule has 3 rings (SSSR count). The number of anilines is 4. The Bertz CT molecular complexity index is 988. The molecule has 0 bridgehead atoms. The smallest absolute Gasteiger partial charge is 0.257 e. The molecule has 1 heterocycles. The van der Waals surface area contributed by atoms with Crippen molar-refractivity contribution in [2.45, 2.75) is 13.8 Å². The number of pyridine rings is 1. The van der Waals surface area contributed by atoms with Crippen LogP contribution in [-0.2, 0) is 0 Å². The van der Waals surface area contributed by atoms with Gasteiger partial charge in [0.15, 0.2) is 11.6 Å². The van der Waals surface area contributed by atoms with Crippen LogP contribution in [0.25, 0.3) is 0 Å². The summed E-state index contributed by atoms with van der Waals surface area (Å²) < 4.78 is 26.3. The molecule has 0 unspecified atom stereocenters. The first-order chi connectivity index (χ1) is 14.0. The number of rotatable bonds is 7. The van der Waals surface area contributed by atoms with Crippen molar-refractivity contribution in [3.63, 3.8) is 0 Å². The van der Waals surface area contributed by atoms with Crippen molar-refractivity contribution in [1.29, 1.82) is 0 Å². The SMILES string of the molecule is CCN(CC)c1ccc(Nc2cncc(C(=O)Nc3ccc(F)c(F)c3)c2)cc1. The van der Waals surface area contributed by atoms with E-state index in [-0.39, 0.29) is 5.69 Å². The summed E-state index contributed by atoms with van der Waals surface area (Å²) in [6.07, 6.45) is 3.01. The number of nitrogens with zero attached hydrogens (tertiary/aromatic N) is 2. The molecular weight excluding hydrogens is 374 g/mol. The maximum Gasteiger partial charge on any atom is 0.257 e. The summed E-state index contributed by atoms with van der Waals surface area (Å²) in [5.74, 6) is -2.46. The van der Waals surface area contributed by atoms with Crippen molar-refractivity contribution in [1.82, 2.24) is 4.98 Å². The Hall–Kier alpha value is -3.48. The first-order valence-electron chi connectivity index (χ1n) is 9.33. The van der Waals surface area contributed by atoms with E-state index in [2.05, 4.69) is 34.4 Å². The van der Waals surface area contributed by atoms with Gasteiger partial charge in [0, 0.05) is 42.4 Å². The Kier molecular flexibility index (Phi) is 6.39. The average Bonchev–Trinajstić information content (AvgIpc) is 2.73. The standard InChI is InChI=1S/C22H22F2N4O/c1-3-28(4-2)19-8-5-16(6-9-19)26-18-11-15(13-25-14-18)22(29)27-17-7-10-20(23)21(24)12-17/h5-14,26H,3-4H2,1-2H3,(H,27,29). The number of benzene rings is 2. The fraction of sp³-hybridized carbons (Fsp3) is 0.182. The van der Waals surface area contributed by atoms with Gasteiger partial charge in [0.2, 0.25) is 0 Å². The summed E-state index contributed by atoms with van der Waals surface area (Å²) in [6.45, 7) is 6.08. The maximum atomic E-state index is 13.3. The topological polar surface area (TPSA) is 57.3 Å². The summed E-state index contributed by atoms with van der Waals surface area (Å²) in [4.78, 5) is 18.7. The monoisotopic (exact) mass is 396 g/mol. The lowest BCUT2D eigenvalue weighted by molar-refractivity contribution is 0.102. The molecule has 0 radical (unpaired) electrons. The van der Waals surface area contributed by atoms with E-state index in [1.807, 2.05) is 24.3 Å². The fourth-order valence-electron chi connectivity index (χ4n) is 2.92. The molecule has 2 N–H and O–H groups in total. The Morgan fingerprint density at radius 3 is 2.24 bits per heavy atom. The molecule has 3 aromatic rings. The van der Waals surface area contributed by atoms with Crippen LogP contribution in [0.3, 0.4) is 0 Å². The van der Waals surface area contributed by atoms with Gasteiger partial charge in [-0.2, -0.15) is 0 Å². The molecule has 0 aliphatic heterocycles. The maximum absolute atomic E-state index is 13.3. The molecule has 29 heavy (non-hydrogen) atoms. The number of carbonyl (C=O) groups is 1. The van der Waals surface area contributed by atoms with E-state index in [1.54, 1.807) is 12.3 Å². The van der Waals surface area contributed by atoms with Crippen molar-refractivity contribution in [3.05, 3.63) is 78.1 Å². The molecule has 1 aromatic heterocycles. The molecule has 0 aliphatic rings. The van der Waals surface area contributed by atoms with Crippen molar-refractivity contribution in [2.75, 3.05) is 28.6 Å². The van der Waals surface area contributed by atoms with Crippen molar-refractivity contribution in [2.24, 2.45) is 0 Å². The molecule has 0 atom stereocenters. The molecule has 0 spiro atoms. The highest BCUT2D eigenvalue weighted by Crippen LogP contribution is 2.22. The summed E-state index contributed by atoms with van der Waals surface area (Å²) >= 11 is 0. The van der Waals surface area contributed by atoms with Gasteiger partial charge in [-0.3, -0.25) is 9.78 Å². The molecule has 5 nitrogen and oxygen atoms in total.